The topological polar surface area (TPSA) is 62.6 Å². The Morgan fingerprint density at radius 3 is 2.89 bits per heavy atom. The standard InChI is InChI=1S/C13H22N2O3S/c1-10-9-19(16,17)5-4-15(10)8-13-6-12(7-14-3)11(2)18-13/h6,10,14H,4-5,7-9H2,1-3H3. The number of nitrogens with one attached hydrogen (secondary N) is 1. The molecule has 1 unspecified atom stereocenters. The van der Waals surface area contributed by atoms with Gasteiger partial charge in [-0.3, -0.25) is 4.90 Å². The molecule has 0 amide bonds. The van der Waals surface area contributed by atoms with Gasteiger partial charge in [-0.15, -0.1) is 0 Å². The third-order valence-electron chi connectivity index (χ3n) is 3.61. The number of nitrogens with zero attached hydrogens (tertiary/aromatic N) is 1. The van der Waals surface area contributed by atoms with Gasteiger partial charge in [0.15, 0.2) is 9.84 Å². The predicted octanol–water partition coefficient (Wildman–Crippen LogP) is 0.926. The Morgan fingerprint density at radius 1 is 1.53 bits per heavy atom. The minimum absolute atomic E-state index is 0.0527. The van der Waals surface area contributed by atoms with Crippen molar-refractivity contribution in [2.24, 2.45) is 0 Å². The molecule has 1 N–H and O–H groups in total. The second kappa shape index (κ2) is 5.64. The summed E-state index contributed by atoms with van der Waals surface area (Å²) in [4.78, 5) is 2.17. The molecule has 1 aromatic rings. The molecular weight excluding hydrogens is 264 g/mol. The number of sulfone groups is 1. The molecule has 1 saturated heterocycles. The minimum atomic E-state index is -2.85. The third kappa shape index (κ3) is 3.58. The quantitative estimate of drug-likeness (QED) is 0.892. The van der Waals surface area contributed by atoms with E-state index in [0.717, 1.165) is 23.6 Å². The molecule has 0 aromatic carbocycles. The Hall–Kier alpha value is -0.850. The SMILES string of the molecule is CNCc1cc(CN2CCS(=O)(=O)CC2C)oc1C. The highest BCUT2D eigenvalue weighted by Gasteiger charge is 2.28. The molecule has 1 atom stereocenters. The Kier molecular flexibility index (Phi) is 4.32. The molecule has 0 spiro atoms. The lowest BCUT2D eigenvalue weighted by Gasteiger charge is -2.32. The summed E-state index contributed by atoms with van der Waals surface area (Å²) in [7, 11) is -0.945. The highest BCUT2D eigenvalue weighted by Crippen LogP contribution is 2.19. The van der Waals surface area contributed by atoms with E-state index in [0.29, 0.717) is 13.1 Å². The summed E-state index contributed by atoms with van der Waals surface area (Å²) in [5.41, 5.74) is 1.16. The molecule has 1 aromatic heterocycles. The van der Waals surface area contributed by atoms with Crippen molar-refractivity contribution in [3.63, 3.8) is 0 Å². The van der Waals surface area contributed by atoms with Gasteiger partial charge >= 0.3 is 0 Å². The van der Waals surface area contributed by atoms with Gasteiger partial charge in [0.25, 0.3) is 0 Å². The van der Waals surface area contributed by atoms with E-state index >= 15 is 0 Å². The molecule has 2 heterocycles. The highest BCUT2D eigenvalue weighted by atomic mass is 32.2. The molecule has 1 aliphatic rings. The Morgan fingerprint density at radius 2 is 2.26 bits per heavy atom. The van der Waals surface area contributed by atoms with Crippen molar-refractivity contribution in [1.29, 1.82) is 0 Å². The molecule has 2 rings (SSSR count). The van der Waals surface area contributed by atoms with E-state index in [2.05, 4.69) is 16.3 Å². The molecule has 0 radical (unpaired) electrons. The van der Waals surface area contributed by atoms with Gasteiger partial charge < -0.3 is 9.73 Å². The Bertz CT molecular complexity index is 536. The molecule has 6 heteroatoms. The first-order valence-corrected chi connectivity index (χ1v) is 8.40. The van der Waals surface area contributed by atoms with Gasteiger partial charge in [-0.1, -0.05) is 0 Å². The largest absolute Gasteiger partial charge is 0.465 e. The first kappa shape index (κ1) is 14.6. The molecule has 5 nitrogen and oxygen atoms in total. The lowest BCUT2D eigenvalue weighted by atomic mass is 10.2. The molecule has 108 valence electrons. The summed E-state index contributed by atoms with van der Waals surface area (Å²) < 4.78 is 28.8. The fourth-order valence-electron chi connectivity index (χ4n) is 2.50. The summed E-state index contributed by atoms with van der Waals surface area (Å²) >= 11 is 0. The van der Waals surface area contributed by atoms with Crippen LogP contribution in [0.1, 0.15) is 24.0 Å². The lowest BCUT2D eigenvalue weighted by molar-refractivity contribution is 0.200. The van der Waals surface area contributed by atoms with E-state index in [1.165, 1.54) is 0 Å². The van der Waals surface area contributed by atoms with Gasteiger partial charge in [-0.25, -0.2) is 8.42 Å². The van der Waals surface area contributed by atoms with Crippen LogP contribution < -0.4 is 5.32 Å². The zero-order valence-corrected chi connectivity index (χ0v) is 12.6. The van der Waals surface area contributed by atoms with Gasteiger partial charge in [0.2, 0.25) is 0 Å². The van der Waals surface area contributed by atoms with E-state index in [4.69, 9.17) is 4.42 Å². The molecular formula is C13H22N2O3S. The normalized spacial score (nSPS) is 23.6. The molecule has 19 heavy (non-hydrogen) atoms. The van der Waals surface area contributed by atoms with Crippen molar-refractivity contribution in [2.45, 2.75) is 33.0 Å². The summed E-state index contributed by atoms with van der Waals surface area (Å²) in [6, 6.07) is 2.11. The van der Waals surface area contributed by atoms with E-state index in [-0.39, 0.29) is 17.5 Å². The van der Waals surface area contributed by atoms with Gasteiger partial charge in [-0.2, -0.15) is 0 Å². The average Bonchev–Trinajstić information content (AvgIpc) is 2.64. The molecule has 0 bridgehead atoms. The van der Waals surface area contributed by atoms with Crippen LogP contribution in [0.5, 0.6) is 0 Å². The van der Waals surface area contributed by atoms with Gasteiger partial charge in [0, 0.05) is 24.7 Å². The van der Waals surface area contributed by atoms with Crippen LogP contribution in [0.2, 0.25) is 0 Å². The summed E-state index contributed by atoms with van der Waals surface area (Å²) in [5, 5.41) is 3.11. The number of hydrogen-bond acceptors (Lipinski definition) is 5. The second-order valence-corrected chi connectivity index (χ2v) is 7.49. The van der Waals surface area contributed by atoms with Crippen molar-refractivity contribution in [2.75, 3.05) is 25.1 Å². The van der Waals surface area contributed by atoms with Crippen molar-refractivity contribution < 1.29 is 12.8 Å². The smallest absolute Gasteiger partial charge is 0.153 e. The number of furan rings is 1. The van der Waals surface area contributed by atoms with Crippen molar-refractivity contribution in [1.82, 2.24) is 10.2 Å². The van der Waals surface area contributed by atoms with Crippen LogP contribution >= 0.6 is 0 Å². The van der Waals surface area contributed by atoms with Crippen LogP contribution in [-0.2, 0) is 22.9 Å². The average molecular weight is 286 g/mol. The van der Waals surface area contributed by atoms with Crippen molar-refractivity contribution in [3.8, 4) is 0 Å². The van der Waals surface area contributed by atoms with Crippen LogP contribution in [0.25, 0.3) is 0 Å². The van der Waals surface area contributed by atoms with Gasteiger partial charge in [-0.05, 0) is 27.0 Å². The Balaban J connectivity index is 2.03. The summed E-state index contributed by atoms with van der Waals surface area (Å²) in [6.45, 7) is 5.98. The van der Waals surface area contributed by atoms with Crippen LogP contribution in [0.15, 0.2) is 10.5 Å². The molecule has 1 fully saturated rings. The maximum absolute atomic E-state index is 11.5. The molecule has 0 aliphatic carbocycles. The van der Waals surface area contributed by atoms with Crippen molar-refractivity contribution in [3.05, 3.63) is 23.2 Å². The fourth-order valence-corrected chi connectivity index (χ4v) is 4.12. The summed E-state index contributed by atoms with van der Waals surface area (Å²) in [5.74, 6) is 2.34. The maximum atomic E-state index is 11.5. The van der Waals surface area contributed by atoms with Crippen molar-refractivity contribution >= 4 is 9.84 Å². The van der Waals surface area contributed by atoms with Gasteiger partial charge in [0.05, 0.1) is 18.1 Å². The monoisotopic (exact) mass is 286 g/mol. The number of rotatable bonds is 4. The van der Waals surface area contributed by atoms with Gasteiger partial charge in [0.1, 0.15) is 11.5 Å². The minimum Gasteiger partial charge on any atom is -0.465 e. The first-order valence-electron chi connectivity index (χ1n) is 6.58. The predicted molar refractivity (Wildman–Crippen MR) is 74.7 cm³/mol. The summed E-state index contributed by atoms with van der Waals surface area (Å²) in [6.07, 6.45) is 0. The van der Waals surface area contributed by atoms with E-state index in [1.54, 1.807) is 0 Å². The van der Waals surface area contributed by atoms with E-state index in [9.17, 15) is 8.42 Å². The zero-order valence-electron chi connectivity index (χ0n) is 11.8. The van der Waals surface area contributed by atoms with E-state index in [1.807, 2.05) is 20.9 Å². The van der Waals surface area contributed by atoms with Crippen LogP contribution in [0.4, 0.5) is 0 Å². The van der Waals surface area contributed by atoms with Crippen LogP contribution in [0, 0.1) is 6.92 Å². The highest BCUT2D eigenvalue weighted by molar-refractivity contribution is 7.91. The van der Waals surface area contributed by atoms with E-state index < -0.39 is 9.84 Å². The maximum Gasteiger partial charge on any atom is 0.153 e. The molecule has 1 aliphatic heterocycles. The number of hydrogen-bond donors (Lipinski definition) is 1. The number of aryl methyl sites for hydroxylation is 1. The third-order valence-corrected chi connectivity index (χ3v) is 5.40. The van der Waals surface area contributed by atoms with Crippen LogP contribution in [0.3, 0.4) is 0 Å². The second-order valence-electron chi connectivity index (χ2n) is 5.26. The zero-order chi connectivity index (χ0) is 14.0. The lowest BCUT2D eigenvalue weighted by Crippen LogP contribution is -2.46. The van der Waals surface area contributed by atoms with Crippen LogP contribution in [-0.4, -0.2) is 44.5 Å². The fraction of sp³-hybridized carbons (Fsp3) is 0.692. The molecule has 0 saturated carbocycles. The Labute approximate surface area is 114 Å². The first-order chi connectivity index (χ1) is 8.91.